The quantitative estimate of drug-likeness (QED) is 0.554. The molecule has 0 aliphatic carbocycles. The zero-order valence-corrected chi connectivity index (χ0v) is 20.7. The van der Waals surface area contributed by atoms with Gasteiger partial charge in [0.1, 0.15) is 23.7 Å². The van der Waals surface area contributed by atoms with E-state index in [1.165, 1.54) is 40.1 Å². The number of piperidine rings is 1. The maximum atomic E-state index is 13.8. The van der Waals surface area contributed by atoms with Gasteiger partial charge in [-0.3, -0.25) is 19.2 Å². The molecule has 2 saturated heterocycles. The second-order valence-electron chi connectivity index (χ2n) is 8.93. The first kappa shape index (κ1) is 26.3. The van der Waals surface area contributed by atoms with Crippen molar-refractivity contribution in [1.29, 1.82) is 0 Å². The molecule has 2 aliphatic rings. The highest BCUT2D eigenvalue weighted by molar-refractivity contribution is 7.92. The lowest BCUT2D eigenvalue weighted by Crippen LogP contribution is -2.64. The molecule has 0 saturated carbocycles. The van der Waals surface area contributed by atoms with Crippen molar-refractivity contribution in [3.8, 4) is 0 Å². The first-order chi connectivity index (χ1) is 17.7. The molecule has 0 bridgehead atoms. The Bertz CT molecular complexity index is 1300. The summed E-state index contributed by atoms with van der Waals surface area (Å²) < 4.78 is 39.2. The first-order valence-electron chi connectivity index (χ1n) is 11.9. The van der Waals surface area contributed by atoms with Crippen molar-refractivity contribution in [1.82, 2.24) is 20.4 Å². The summed E-state index contributed by atoms with van der Waals surface area (Å²) in [7, 11) is -3.92. The fraction of sp³-hybridized carbons (Fsp3) is 0.360. The number of hydrogen-bond acceptors (Lipinski definition) is 6. The van der Waals surface area contributed by atoms with E-state index in [0.29, 0.717) is 19.4 Å². The van der Waals surface area contributed by atoms with Crippen LogP contribution in [0, 0.1) is 5.82 Å². The predicted octanol–water partition coefficient (Wildman–Crippen LogP) is 0.347. The van der Waals surface area contributed by atoms with Gasteiger partial charge in [-0.05, 0) is 43.2 Å². The monoisotopic (exact) mass is 530 g/mol. The number of carbonyl (C=O) groups excluding carboxylic acids is 4. The van der Waals surface area contributed by atoms with Crippen molar-refractivity contribution in [3.63, 3.8) is 0 Å². The lowest BCUT2D eigenvalue weighted by Gasteiger charge is -2.41. The number of carbonyl (C=O) groups is 4. The third-order valence-corrected chi connectivity index (χ3v) is 8.00. The second-order valence-corrected chi connectivity index (χ2v) is 10.9. The first-order valence-corrected chi connectivity index (χ1v) is 13.5. The van der Waals surface area contributed by atoms with Gasteiger partial charge in [-0.25, -0.2) is 12.8 Å². The number of halogens is 1. The molecule has 10 nitrogen and oxygen atoms in total. The van der Waals surface area contributed by atoms with Gasteiger partial charge in [0.25, 0.3) is 5.91 Å². The summed E-state index contributed by atoms with van der Waals surface area (Å²) in [4.78, 5) is 54.1. The minimum absolute atomic E-state index is 0.000807. The Balaban J connectivity index is 1.54. The van der Waals surface area contributed by atoms with Crippen LogP contribution in [-0.4, -0.2) is 85.9 Å². The maximum absolute atomic E-state index is 13.8. The van der Waals surface area contributed by atoms with Gasteiger partial charge < -0.3 is 20.4 Å². The third-order valence-electron chi connectivity index (χ3n) is 6.39. The molecule has 0 radical (unpaired) electrons. The van der Waals surface area contributed by atoms with Gasteiger partial charge in [-0.15, -0.1) is 0 Å². The lowest BCUT2D eigenvalue weighted by atomic mass is 10.0. The molecule has 2 aromatic rings. The van der Waals surface area contributed by atoms with Gasteiger partial charge in [-0.1, -0.05) is 24.3 Å². The Kier molecular flexibility index (Phi) is 7.86. The fourth-order valence-corrected chi connectivity index (χ4v) is 5.65. The largest absolute Gasteiger partial charge is 0.354 e. The summed E-state index contributed by atoms with van der Waals surface area (Å²) in [6.45, 7) is 0.126. The van der Waals surface area contributed by atoms with Gasteiger partial charge in [0.2, 0.25) is 17.7 Å². The van der Waals surface area contributed by atoms with Crippen LogP contribution >= 0.6 is 0 Å². The maximum Gasteiger partial charge on any atom is 0.254 e. The van der Waals surface area contributed by atoms with Gasteiger partial charge in [0, 0.05) is 25.2 Å². The molecule has 0 aromatic heterocycles. The van der Waals surface area contributed by atoms with E-state index in [-0.39, 0.29) is 36.0 Å². The van der Waals surface area contributed by atoms with Crippen LogP contribution in [0.25, 0.3) is 0 Å². The van der Waals surface area contributed by atoms with Crippen LogP contribution in [-0.2, 0) is 24.2 Å². The minimum Gasteiger partial charge on any atom is -0.354 e. The Hall–Kier alpha value is -3.80. The van der Waals surface area contributed by atoms with Crippen LogP contribution in [0.15, 0.2) is 59.5 Å². The Morgan fingerprint density at radius 1 is 1.05 bits per heavy atom. The van der Waals surface area contributed by atoms with Crippen molar-refractivity contribution in [2.75, 3.05) is 31.9 Å². The van der Waals surface area contributed by atoms with E-state index < -0.39 is 51.2 Å². The van der Waals surface area contributed by atoms with Crippen molar-refractivity contribution in [3.05, 3.63) is 66.0 Å². The molecule has 2 fully saturated rings. The highest BCUT2D eigenvalue weighted by Crippen LogP contribution is 2.18. The number of benzene rings is 2. The minimum atomic E-state index is -3.92. The molecule has 196 valence electrons. The van der Waals surface area contributed by atoms with Gasteiger partial charge in [-0.2, -0.15) is 0 Å². The van der Waals surface area contributed by atoms with Crippen molar-refractivity contribution in [2.45, 2.75) is 29.8 Å². The van der Waals surface area contributed by atoms with Crippen LogP contribution in [0.1, 0.15) is 23.2 Å². The number of nitrogens with one attached hydrogen (secondary N) is 2. The average Bonchev–Trinajstić information content (AvgIpc) is 2.89. The fourth-order valence-electron chi connectivity index (χ4n) is 4.41. The number of nitrogens with zero attached hydrogens (tertiary/aromatic N) is 2. The van der Waals surface area contributed by atoms with Gasteiger partial charge in [0.05, 0.1) is 11.4 Å². The van der Waals surface area contributed by atoms with Crippen molar-refractivity contribution >= 4 is 33.5 Å². The Labute approximate surface area is 213 Å². The summed E-state index contributed by atoms with van der Waals surface area (Å²) in [5.41, 5.74) is 0.0274. The summed E-state index contributed by atoms with van der Waals surface area (Å²) in [6.07, 6.45) is 1.08. The number of hydrogen-bond donors (Lipinski definition) is 2. The normalized spacial score (nSPS) is 20.2. The molecule has 2 atom stereocenters. The molecular formula is C25H27FN4O6S. The standard InChI is InChI=1S/C25H27FN4O6S/c26-18-7-4-6-17(14-18)25(34)30-13-12-29(22(31)16-37(35,36)19-8-2-1-3-9-19)15-21(30)24(33)28-20-10-5-11-27-23(20)32/h1-4,6-9,14,20-21H,5,10-13,15-16H2,(H,27,32)(H,28,33)/t20-,21-/m0/s1. The van der Waals surface area contributed by atoms with Gasteiger partial charge >= 0.3 is 0 Å². The molecule has 37 heavy (non-hydrogen) atoms. The molecule has 0 spiro atoms. The van der Waals surface area contributed by atoms with E-state index >= 15 is 0 Å². The Morgan fingerprint density at radius 3 is 2.51 bits per heavy atom. The van der Waals surface area contributed by atoms with Crippen LogP contribution in [0.5, 0.6) is 0 Å². The average molecular weight is 531 g/mol. The molecular weight excluding hydrogens is 503 g/mol. The van der Waals surface area contributed by atoms with E-state index in [4.69, 9.17) is 0 Å². The highest BCUT2D eigenvalue weighted by atomic mass is 32.2. The van der Waals surface area contributed by atoms with E-state index in [9.17, 15) is 32.0 Å². The molecule has 2 N–H and O–H groups in total. The van der Waals surface area contributed by atoms with E-state index in [0.717, 1.165) is 6.07 Å². The van der Waals surface area contributed by atoms with Crippen molar-refractivity contribution < 1.29 is 32.0 Å². The third kappa shape index (κ3) is 6.13. The molecule has 0 unspecified atom stereocenters. The summed E-state index contributed by atoms with van der Waals surface area (Å²) >= 11 is 0. The number of rotatable bonds is 6. The number of amides is 4. The molecule has 12 heteroatoms. The number of piperazine rings is 1. The van der Waals surface area contributed by atoms with Crippen LogP contribution in [0.2, 0.25) is 0 Å². The Morgan fingerprint density at radius 2 is 1.81 bits per heavy atom. The van der Waals surface area contributed by atoms with Crippen LogP contribution in [0.4, 0.5) is 4.39 Å². The summed E-state index contributed by atoms with van der Waals surface area (Å²) in [5.74, 6) is -3.75. The molecule has 2 heterocycles. The zero-order chi connectivity index (χ0) is 26.6. The van der Waals surface area contributed by atoms with E-state index in [2.05, 4.69) is 10.6 Å². The predicted molar refractivity (Wildman–Crippen MR) is 130 cm³/mol. The number of sulfone groups is 1. The summed E-state index contributed by atoms with van der Waals surface area (Å²) in [5, 5.41) is 5.31. The topological polar surface area (TPSA) is 133 Å². The smallest absolute Gasteiger partial charge is 0.254 e. The SMILES string of the molecule is O=C1NCCC[C@@H]1NC(=O)[C@@H]1CN(C(=O)CS(=O)(=O)c2ccccc2)CCN1C(=O)c1cccc(F)c1. The molecule has 2 aliphatic heterocycles. The second kappa shape index (κ2) is 11.1. The van der Waals surface area contributed by atoms with Crippen LogP contribution < -0.4 is 10.6 Å². The van der Waals surface area contributed by atoms with E-state index in [1.54, 1.807) is 18.2 Å². The molecule has 2 aromatic carbocycles. The van der Waals surface area contributed by atoms with Crippen LogP contribution in [0.3, 0.4) is 0 Å². The highest BCUT2D eigenvalue weighted by Gasteiger charge is 2.39. The summed E-state index contributed by atoms with van der Waals surface area (Å²) in [6, 6.07) is 10.6. The van der Waals surface area contributed by atoms with Gasteiger partial charge in [0.15, 0.2) is 9.84 Å². The molecule has 4 rings (SSSR count). The van der Waals surface area contributed by atoms with E-state index in [1.807, 2.05) is 0 Å². The molecule has 4 amide bonds. The zero-order valence-electron chi connectivity index (χ0n) is 19.9. The van der Waals surface area contributed by atoms with Crippen molar-refractivity contribution in [2.24, 2.45) is 0 Å². The lowest BCUT2D eigenvalue weighted by molar-refractivity contribution is -0.137.